The Morgan fingerprint density at radius 3 is 2.57 bits per heavy atom. The molecule has 1 aliphatic carbocycles. The van der Waals surface area contributed by atoms with Gasteiger partial charge in [-0.15, -0.1) is 0 Å². The van der Waals surface area contributed by atoms with Crippen molar-refractivity contribution in [3.63, 3.8) is 0 Å². The number of rotatable bonds is 5. The van der Waals surface area contributed by atoms with Gasteiger partial charge in [0.25, 0.3) is 0 Å². The van der Waals surface area contributed by atoms with E-state index < -0.39 is 4.92 Å². The number of nitrogens with one attached hydrogen (secondary N) is 2. The Bertz CT molecular complexity index is 1450. The molecular formula is C28H31N5O4. The number of fused-ring (bicyclic) bond motifs is 1. The van der Waals surface area contributed by atoms with Crippen LogP contribution in [0.3, 0.4) is 0 Å². The number of nitro groups is 1. The first kappa shape index (κ1) is 24.5. The van der Waals surface area contributed by atoms with Crippen LogP contribution in [0.25, 0.3) is 0 Å². The largest absolute Gasteiger partial charge is 0.496 e. The number of hydrogen-bond donors (Lipinski definition) is 2. The van der Waals surface area contributed by atoms with Crippen LogP contribution in [-0.4, -0.2) is 27.6 Å². The number of anilines is 2. The molecule has 2 aliphatic rings. The first-order chi connectivity index (χ1) is 17.6. The molecule has 3 aromatic rings. The minimum atomic E-state index is -0.397. The van der Waals surface area contributed by atoms with E-state index in [2.05, 4.69) is 29.6 Å². The standard InChI is InChI=1S/C28H31N5O4/c1-16-27(33(35)36)17(2)32(31-16)15-19-12-18(10-11-24(19)37-5)26-25-22(13-28(3,4)14-23(25)34)29-20-8-6-7-9-21(20)30-26/h6-12,26,29-30H,13-15H2,1-5H3/t26-/m0/s1. The van der Waals surface area contributed by atoms with Crippen LogP contribution in [0.2, 0.25) is 0 Å². The van der Waals surface area contributed by atoms with Crippen molar-refractivity contribution in [2.45, 2.75) is 53.1 Å². The fraction of sp³-hybridized carbons (Fsp3) is 0.357. The lowest BCUT2D eigenvalue weighted by Gasteiger charge is -2.34. The zero-order valence-electron chi connectivity index (χ0n) is 21.7. The molecular weight excluding hydrogens is 470 g/mol. The molecule has 0 unspecified atom stereocenters. The summed E-state index contributed by atoms with van der Waals surface area (Å²) in [5, 5.41) is 23.1. The Kier molecular flexibility index (Phi) is 6.01. The van der Waals surface area contributed by atoms with Gasteiger partial charge in [0.1, 0.15) is 17.1 Å². The first-order valence-electron chi connectivity index (χ1n) is 12.3. The van der Waals surface area contributed by atoms with E-state index in [1.54, 1.807) is 25.6 Å². The van der Waals surface area contributed by atoms with Crippen LogP contribution in [0.15, 0.2) is 53.7 Å². The molecule has 9 nitrogen and oxygen atoms in total. The van der Waals surface area contributed by atoms with E-state index in [0.29, 0.717) is 30.1 Å². The van der Waals surface area contributed by atoms with Crippen molar-refractivity contribution in [3.8, 4) is 5.75 Å². The molecule has 1 aromatic heterocycles. The maximum Gasteiger partial charge on any atom is 0.312 e. The molecule has 2 N–H and O–H groups in total. The zero-order valence-corrected chi connectivity index (χ0v) is 21.7. The molecule has 1 atom stereocenters. The third-order valence-corrected chi connectivity index (χ3v) is 7.20. The van der Waals surface area contributed by atoms with Gasteiger partial charge in [0, 0.05) is 23.3 Å². The van der Waals surface area contributed by atoms with E-state index >= 15 is 0 Å². The smallest absolute Gasteiger partial charge is 0.312 e. The second-order valence-corrected chi connectivity index (χ2v) is 10.6. The van der Waals surface area contributed by atoms with Gasteiger partial charge in [0.05, 0.1) is 36.0 Å². The molecule has 2 aromatic carbocycles. The molecule has 0 fully saturated rings. The van der Waals surface area contributed by atoms with Crippen LogP contribution in [0.1, 0.15) is 55.2 Å². The molecule has 0 saturated carbocycles. The number of para-hydroxylation sites is 2. The van der Waals surface area contributed by atoms with E-state index in [1.165, 1.54) is 0 Å². The minimum absolute atomic E-state index is 0.0217. The average molecular weight is 502 g/mol. The van der Waals surface area contributed by atoms with Crippen molar-refractivity contribution in [3.05, 3.63) is 86.4 Å². The lowest BCUT2D eigenvalue weighted by atomic mass is 9.73. The number of carbonyl (C=O) groups excluding carboxylic acids is 1. The van der Waals surface area contributed by atoms with Crippen LogP contribution < -0.4 is 15.4 Å². The Hall–Kier alpha value is -4.14. The Labute approximate surface area is 215 Å². The molecule has 2 heterocycles. The summed E-state index contributed by atoms with van der Waals surface area (Å²) in [4.78, 5) is 24.7. The number of ketones is 1. The monoisotopic (exact) mass is 501 g/mol. The number of aromatic nitrogens is 2. The first-order valence-corrected chi connectivity index (χ1v) is 12.3. The number of hydrogen-bond acceptors (Lipinski definition) is 7. The number of Topliss-reactive ketones (excluding diaryl/α,β-unsaturated/α-hetero) is 1. The predicted molar refractivity (Wildman–Crippen MR) is 142 cm³/mol. The summed E-state index contributed by atoms with van der Waals surface area (Å²) in [6.07, 6.45) is 1.24. The molecule has 0 bridgehead atoms. The molecule has 0 saturated heterocycles. The van der Waals surface area contributed by atoms with Gasteiger partial charge in [-0.05, 0) is 55.5 Å². The molecule has 9 heteroatoms. The number of benzene rings is 2. The zero-order chi connectivity index (χ0) is 26.5. The quantitative estimate of drug-likeness (QED) is 0.341. The van der Waals surface area contributed by atoms with Gasteiger partial charge in [0.2, 0.25) is 0 Å². The summed E-state index contributed by atoms with van der Waals surface area (Å²) < 4.78 is 7.26. The van der Waals surface area contributed by atoms with Crippen LogP contribution >= 0.6 is 0 Å². The third kappa shape index (κ3) is 4.45. The highest BCUT2D eigenvalue weighted by Crippen LogP contribution is 2.45. The summed E-state index contributed by atoms with van der Waals surface area (Å²) in [6, 6.07) is 13.4. The number of nitrogens with zero attached hydrogens (tertiary/aromatic N) is 3. The SMILES string of the molecule is COc1ccc([C@@H]2Nc3ccccc3NC3=C2C(=O)CC(C)(C)C3)cc1Cn1nc(C)c([N+](=O)[O-])c1C. The lowest BCUT2D eigenvalue weighted by molar-refractivity contribution is -0.386. The number of aryl methyl sites for hydroxylation is 1. The number of methoxy groups -OCH3 is 1. The second-order valence-electron chi connectivity index (χ2n) is 10.6. The van der Waals surface area contributed by atoms with Gasteiger partial charge >= 0.3 is 5.69 Å². The summed E-state index contributed by atoms with van der Waals surface area (Å²) >= 11 is 0. The van der Waals surface area contributed by atoms with Gasteiger partial charge in [-0.25, -0.2) is 0 Å². The minimum Gasteiger partial charge on any atom is -0.496 e. The Morgan fingerprint density at radius 2 is 1.89 bits per heavy atom. The highest BCUT2D eigenvalue weighted by atomic mass is 16.6. The van der Waals surface area contributed by atoms with Crippen LogP contribution in [0.5, 0.6) is 5.75 Å². The second kappa shape index (κ2) is 9.06. The third-order valence-electron chi connectivity index (χ3n) is 7.20. The van der Waals surface area contributed by atoms with Crippen molar-refractivity contribution >= 4 is 22.8 Å². The Balaban J connectivity index is 1.61. The molecule has 37 heavy (non-hydrogen) atoms. The highest BCUT2D eigenvalue weighted by molar-refractivity contribution is 6.01. The van der Waals surface area contributed by atoms with Gasteiger partial charge in [0.15, 0.2) is 5.78 Å². The fourth-order valence-electron chi connectivity index (χ4n) is 5.51. The highest BCUT2D eigenvalue weighted by Gasteiger charge is 2.38. The predicted octanol–water partition coefficient (Wildman–Crippen LogP) is 5.69. The molecule has 0 amide bonds. The van der Waals surface area contributed by atoms with Crippen molar-refractivity contribution < 1.29 is 14.5 Å². The molecule has 1 aliphatic heterocycles. The van der Waals surface area contributed by atoms with Crippen LogP contribution in [-0.2, 0) is 11.3 Å². The number of ether oxygens (including phenoxy) is 1. The van der Waals surface area contributed by atoms with Gasteiger partial charge in [-0.2, -0.15) is 5.10 Å². The van der Waals surface area contributed by atoms with Crippen molar-refractivity contribution in [2.24, 2.45) is 5.41 Å². The van der Waals surface area contributed by atoms with E-state index in [9.17, 15) is 14.9 Å². The topological polar surface area (TPSA) is 111 Å². The van der Waals surface area contributed by atoms with E-state index in [0.717, 1.165) is 40.2 Å². The van der Waals surface area contributed by atoms with E-state index in [4.69, 9.17) is 4.74 Å². The normalized spacial score (nSPS) is 18.3. The molecule has 5 rings (SSSR count). The van der Waals surface area contributed by atoms with Crippen molar-refractivity contribution in [1.29, 1.82) is 0 Å². The van der Waals surface area contributed by atoms with Crippen LogP contribution in [0, 0.1) is 29.4 Å². The summed E-state index contributed by atoms with van der Waals surface area (Å²) in [5.41, 5.74) is 6.00. The summed E-state index contributed by atoms with van der Waals surface area (Å²) in [7, 11) is 1.60. The van der Waals surface area contributed by atoms with Gasteiger partial charge in [-0.3, -0.25) is 19.6 Å². The van der Waals surface area contributed by atoms with E-state index in [-0.39, 0.29) is 22.9 Å². The maximum atomic E-state index is 13.5. The van der Waals surface area contributed by atoms with Gasteiger partial charge in [-0.1, -0.05) is 32.0 Å². The van der Waals surface area contributed by atoms with Crippen molar-refractivity contribution in [2.75, 3.05) is 17.7 Å². The average Bonchev–Trinajstić information content (AvgIpc) is 3.00. The number of allylic oxidation sites excluding steroid dienone is 1. The maximum absolute atomic E-state index is 13.5. The lowest BCUT2D eigenvalue weighted by Crippen LogP contribution is -2.31. The Morgan fingerprint density at radius 1 is 1.16 bits per heavy atom. The molecule has 0 spiro atoms. The van der Waals surface area contributed by atoms with Crippen LogP contribution in [0.4, 0.5) is 17.1 Å². The summed E-state index contributed by atoms with van der Waals surface area (Å²) in [6.45, 7) is 7.87. The van der Waals surface area contributed by atoms with E-state index in [1.807, 2.05) is 42.5 Å². The summed E-state index contributed by atoms with van der Waals surface area (Å²) in [5.74, 6) is 0.770. The van der Waals surface area contributed by atoms with Gasteiger partial charge < -0.3 is 15.4 Å². The molecule has 192 valence electrons. The molecule has 0 radical (unpaired) electrons. The number of carbonyl (C=O) groups is 1. The van der Waals surface area contributed by atoms with Crippen molar-refractivity contribution in [1.82, 2.24) is 9.78 Å². The fourth-order valence-corrected chi connectivity index (χ4v) is 5.51.